The summed E-state index contributed by atoms with van der Waals surface area (Å²) in [6.07, 6.45) is 43.6. The summed E-state index contributed by atoms with van der Waals surface area (Å²) in [5.74, 6) is -0.849. The maximum Gasteiger partial charge on any atom is 0.306 e. The first-order valence-electron chi connectivity index (χ1n) is 23.5. The Balaban J connectivity index is 4.32. The van der Waals surface area contributed by atoms with Crippen molar-refractivity contribution in [3.05, 3.63) is 0 Å². The Bertz CT molecular complexity index is 739. The van der Waals surface area contributed by atoms with Gasteiger partial charge in [0.2, 0.25) is 0 Å². The van der Waals surface area contributed by atoms with Gasteiger partial charge in [0.15, 0.2) is 6.10 Å². The SMILES string of the molecule is CCCCCCCCCCCCCCC(=O)OCC(COC(=O)CCCCCCCCCCCCCC)OC(=O)CCCCCCCCCCCCC. The Morgan fingerprint density at radius 3 is 0.755 bits per heavy atom. The predicted octanol–water partition coefficient (Wildman–Crippen LogP) is 14.9. The molecule has 0 N–H and O–H groups in total. The summed E-state index contributed by atoms with van der Waals surface area (Å²) in [6, 6.07) is 0. The maximum absolute atomic E-state index is 12.7. The molecule has 6 heteroatoms. The van der Waals surface area contributed by atoms with Crippen LogP contribution in [0.2, 0.25) is 0 Å². The van der Waals surface area contributed by atoms with E-state index in [-0.39, 0.29) is 31.1 Å². The third kappa shape index (κ3) is 41.4. The highest BCUT2D eigenvalue weighted by molar-refractivity contribution is 5.71. The predicted molar refractivity (Wildman–Crippen MR) is 224 cm³/mol. The minimum absolute atomic E-state index is 0.0625. The summed E-state index contributed by atoms with van der Waals surface area (Å²) in [6.45, 7) is 6.65. The van der Waals surface area contributed by atoms with Gasteiger partial charge in [-0.15, -0.1) is 0 Å². The van der Waals surface area contributed by atoms with Gasteiger partial charge in [0.05, 0.1) is 0 Å². The molecule has 53 heavy (non-hydrogen) atoms. The summed E-state index contributed by atoms with van der Waals surface area (Å²) < 4.78 is 16.7. The number of esters is 3. The number of hydrogen-bond donors (Lipinski definition) is 0. The molecule has 0 aromatic heterocycles. The van der Waals surface area contributed by atoms with Crippen molar-refractivity contribution < 1.29 is 28.6 Å². The minimum atomic E-state index is -0.757. The summed E-state index contributed by atoms with van der Waals surface area (Å²) in [4.78, 5) is 37.7. The van der Waals surface area contributed by atoms with Gasteiger partial charge in [-0.25, -0.2) is 0 Å². The molecule has 0 rings (SSSR count). The van der Waals surface area contributed by atoms with Crippen molar-refractivity contribution in [2.24, 2.45) is 0 Å². The summed E-state index contributed by atoms with van der Waals surface area (Å²) in [7, 11) is 0. The smallest absolute Gasteiger partial charge is 0.306 e. The molecule has 0 saturated heterocycles. The first-order valence-corrected chi connectivity index (χ1v) is 23.5. The van der Waals surface area contributed by atoms with E-state index in [0.29, 0.717) is 19.3 Å². The molecule has 0 aliphatic carbocycles. The third-order valence-electron chi connectivity index (χ3n) is 10.6. The van der Waals surface area contributed by atoms with E-state index in [1.54, 1.807) is 0 Å². The van der Waals surface area contributed by atoms with Gasteiger partial charge in [-0.05, 0) is 19.3 Å². The van der Waals surface area contributed by atoms with E-state index in [2.05, 4.69) is 20.8 Å². The van der Waals surface area contributed by atoms with Gasteiger partial charge in [0.1, 0.15) is 13.2 Å². The molecule has 0 unspecified atom stereocenters. The highest BCUT2D eigenvalue weighted by atomic mass is 16.6. The van der Waals surface area contributed by atoms with Crippen LogP contribution >= 0.6 is 0 Å². The summed E-state index contributed by atoms with van der Waals surface area (Å²) in [5.41, 5.74) is 0. The minimum Gasteiger partial charge on any atom is -0.462 e. The van der Waals surface area contributed by atoms with Gasteiger partial charge in [-0.3, -0.25) is 14.4 Å². The molecule has 0 aromatic carbocycles. The molecule has 0 aliphatic rings. The number of rotatable bonds is 43. The molecule has 0 saturated carbocycles. The summed E-state index contributed by atoms with van der Waals surface area (Å²) >= 11 is 0. The number of unbranched alkanes of at least 4 members (excludes halogenated alkanes) is 32. The van der Waals surface area contributed by atoms with Crippen LogP contribution in [0.4, 0.5) is 0 Å². The molecule has 314 valence electrons. The molecule has 0 bridgehead atoms. The highest BCUT2D eigenvalue weighted by Gasteiger charge is 2.19. The summed E-state index contributed by atoms with van der Waals surface area (Å²) in [5, 5.41) is 0. The number of carbonyl (C=O) groups excluding carboxylic acids is 3. The number of ether oxygens (including phenoxy) is 3. The van der Waals surface area contributed by atoms with Crippen LogP contribution in [-0.2, 0) is 28.6 Å². The van der Waals surface area contributed by atoms with Crippen molar-refractivity contribution in [1.82, 2.24) is 0 Å². The zero-order chi connectivity index (χ0) is 38.7. The second-order valence-electron chi connectivity index (χ2n) is 16.0. The molecule has 0 heterocycles. The molecular formula is C47H90O6. The fourth-order valence-electron chi connectivity index (χ4n) is 7.03. The largest absolute Gasteiger partial charge is 0.462 e. The van der Waals surface area contributed by atoms with Gasteiger partial charge in [0.25, 0.3) is 0 Å². The topological polar surface area (TPSA) is 78.9 Å². The zero-order valence-corrected chi connectivity index (χ0v) is 35.8. The first-order chi connectivity index (χ1) is 26.0. The molecule has 0 spiro atoms. The maximum atomic E-state index is 12.7. The van der Waals surface area contributed by atoms with Crippen molar-refractivity contribution in [3.8, 4) is 0 Å². The van der Waals surface area contributed by atoms with Gasteiger partial charge in [-0.2, -0.15) is 0 Å². The van der Waals surface area contributed by atoms with Crippen molar-refractivity contribution in [1.29, 1.82) is 0 Å². The second-order valence-corrected chi connectivity index (χ2v) is 16.0. The van der Waals surface area contributed by atoms with E-state index in [0.717, 1.165) is 57.8 Å². The van der Waals surface area contributed by atoms with Crippen molar-refractivity contribution in [2.75, 3.05) is 13.2 Å². The Labute approximate surface area is 329 Å². The quantitative estimate of drug-likeness (QED) is 0.0351. The standard InChI is InChI=1S/C47H90O6/c1-4-7-10-13-16-19-22-25-27-30-33-36-39-45(48)51-42-44(53-47(50)41-38-35-32-29-24-21-18-15-12-9-6-3)43-52-46(49)40-37-34-31-28-26-23-20-17-14-11-8-5-2/h44H,4-43H2,1-3H3. The van der Waals surface area contributed by atoms with E-state index in [1.165, 1.54) is 167 Å². The third-order valence-corrected chi connectivity index (χ3v) is 10.6. The molecule has 0 radical (unpaired) electrons. The molecule has 0 atom stereocenters. The molecular weight excluding hydrogens is 661 g/mol. The first kappa shape index (κ1) is 51.4. The molecule has 6 nitrogen and oxygen atoms in total. The lowest BCUT2D eigenvalue weighted by molar-refractivity contribution is -0.167. The monoisotopic (exact) mass is 751 g/mol. The van der Waals surface area contributed by atoms with Crippen LogP contribution in [0.3, 0.4) is 0 Å². The molecule has 0 fully saturated rings. The Hall–Kier alpha value is -1.59. The van der Waals surface area contributed by atoms with Gasteiger partial charge in [0, 0.05) is 19.3 Å². The molecule has 0 amide bonds. The lowest BCUT2D eigenvalue weighted by atomic mass is 10.0. The van der Waals surface area contributed by atoms with E-state index in [1.807, 2.05) is 0 Å². The van der Waals surface area contributed by atoms with Crippen molar-refractivity contribution in [2.45, 2.75) is 271 Å². The van der Waals surface area contributed by atoms with Crippen LogP contribution in [0.15, 0.2) is 0 Å². The van der Waals surface area contributed by atoms with Crippen LogP contribution in [-0.4, -0.2) is 37.2 Å². The zero-order valence-electron chi connectivity index (χ0n) is 35.8. The van der Waals surface area contributed by atoms with Crippen LogP contribution in [0.5, 0.6) is 0 Å². The van der Waals surface area contributed by atoms with Crippen LogP contribution in [0.25, 0.3) is 0 Å². The van der Waals surface area contributed by atoms with Gasteiger partial charge >= 0.3 is 17.9 Å². The van der Waals surface area contributed by atoms with Crippen LogP contribution < -0.4 is 0 Å². The van der Waals surface area contributed by atoms with E-state index in [9.17, 15) is 14.4 Å². The Morgan fingerprint density at radius 2 is 0.509 bits per heavy atom. The normalized spacial score (nSPS) is 11.3. The number of hydrogen-bond acceptors (Lipinski definition) is 6. The van der Waals surface area contributed by atoms with E-state index >= 15 is 0 Å². The van der Waals surface area contributed by atoms with E-state index < -0.39 is 6.10 Å². The van der Waals surface area contributed by atoms with Gasteiger partial charge < -0.3 is 14.2 Å². The number of carbonyl (C=O) groups is 3. The van der Waals surface area contributed by atoms with Crippen molar-refractivity contribution in [3.63, 3.8) is 0 Å². The van der Waals surface area contributed by atoms with Crippen LogP contribution in [0, 0.1) is 0 Å². The van der Waals surface area contributed by atoms with Crippen molar-refractivity contribution >= 4 is 17.9 Å². The molecule has 0 aromatic rings. The highest BCUT2D eigenvalue weighted by Crippen LogP contribution is 2.16. The lowest BCUT2D eigenvalue weighted by Gasteiger charge is -2.18. The van der Waals surface area contributed by atoms with Crippen LogP contribution in [0.1, 0.15) is 265 Å². The Kier molecular flexibility index (Phi) is 41.8. The Morgan fingerprint density at radius 1 is 0.302 bits per heavy atom. The average molecular weight is 751 g/mol. The van der Waals surface area contributed by atoms with E-state index in [4.69, 9.17) is 14.2 Å². The molecule has 0 aliphatic heterocycles. The fraction of sp³-hybridized carbons (Fsp3) is 0.936. The van der Waals surface area contributed by atoms with Gasteiger partial charge in [-0.1, -0.05) is 226 Å². The fourth-order valence-corrected chi connectivity index (χ4v) is 7.03. The lowest BCUT2D eigenvalue weighted by Crippen LogP contribution is -2.30. The average Bonchev–Trinajstić information content (AvgIpc) is 3.15. The second kappa shape index (κ2) is 43.1.